The summed E-state index contributed by atoms with van der Waals surface area (Å²) in [6.07, 6.45) is -11.9. The maximum atomic E-state index is 14.1. The Labute approximate surface area is 364 Å². The zero-order valence-corrected chi connectivity index (χ0v) is 35.6. The van der Waals surface area contributed by atoms with E-state index in [2.05, 4.69) is 5.32 Å². The molecular weight excluding hydrogens is 826 g/mol. The number of esters is 4. The fourth-order valence-corrected chi connectivity index (χ4v) is 7.69. The first-order chi connectivity index (χ1) is 30.4. The lowest BCUT2D eigenvalue weighted by Gasteiger charge is -2.48. The van der Waals surface area contributed by atoms with Crippen molar-refractivity contribution in [3.8, 4) is 0 Å². The van der Waals surface area contributed by atoms with E-state index in [-0.39, 0.29) is 19.8 Å². The molecular formula is C45H53NO17. The van der Waals surface area contributed by atoms with Crippen LogP contribution < -0.4 is 5.32 Å². The van der Waals surface area contributed by atoms with Gasteiger partial charge in [0.05, 0.1) is 46.0 Å². The molecule has 0 aromatic heterocycles. The molecule has 0 unspecified atom stereocenters. The maximum absolute atomic E-state index is 14.1. The molecule has 0 saturated carbocycles. The smallest absolute Gasteiger partial charge is 0.407 e. The van der Waals surface area contributed by atoms with Gasteiger partial charge in [-0.1, -0.05) is 91.0 Å². The lowest BCUT2D eigenvalue weighted by atomic mass is 9.88. The number of alkyl carbamates (subject to hydrolysis) is 1. The number of ether oxygens (including phenoxy) is 12. The summed E-state index contributed by atoms with van der Waals surface area (Å²) in [5.41, 5.74) is 2.60. The Bertz CT molecular complexity index is 1970. The van der Waals surface area contributed by atoms with Gasteiger partial charge in [0.15, 0.2) is 18.5 Å². The van der Waals surface area contributed by atoms with Gasteiger partial charge in [0.25, 0.3) is 5.79 Å². The molecule has 3 fully saturated rings. The van der Waals surface area contributed by atoms with E-state index in [4.69, 9.17) is 56.8 Å². The van der Waals surface area contributed by atoms with Gasteiger partial charge in [-0.3, -0.25) is 14.4 Å². The van der Waals surface area contributed by atoms with Gasteiger partial charge in [-0.05, 0) is 16.7 Å². The molecule has 0 aliphatic carbocycles. The summed E-state index contributed by atoms with van der Waals surface area (Å²) < 4.78 is 72.5. The molecule has 340 valence electrons. The van der Waals surface area contributed by atoms with E-state index in [0.717, 1.165) is 44.6 Å². The molecule has 6 rings (SSSR count). The van der Waals surface area contributed by atoms with Gasteiger partial charge in [0.1, 0.15) is 43.2 Å². The largest absolute Gasteiger partial charge is 0.465 e. The van der Waals surface area contributed by atoms with E-state index in [9.17, 15) is 24.0 Å². The normalized spacial score (nSPS) is 27.4. The third-order valence-corrected chi connectivity index (χ3v) is 10.5. The zero-order valence-electron chi connectivity index (χ0n) is 35.6. The third-order valence-electron chi connectivity index (χ3n) is 10.5. The second-order valence-electron chi connectivity index (χ2n) is 15.0. The molecule has 1 N–H and O–H groups in total. The van der Waals surface area contributed by atoms with E-state index < -0.39 is 117 Å². The van der Waals surface area contributed by atoms with Gasteiger partial charge in [-0.2, -0.15) is 0 Å². The van der Waals surface area contributed by atoms with Crippen molar-refractivity contribution in [3.05, 3.63) is 108 Å². The van der Waals surface area contributed by atoms with E-state index in [1.807, 2.05) is 91.0 Å². The summed E-state index contributed by atoms with van der Waals surface area (Å²) >= 11 is 0. The maximum Gasteiger partial charge on any atom is 0.407 e. The van der Waals surface area contributed by atoms with Crippen molar-refractivity contribution < 1.29 is 80.8 Å². The van der Waals surface area contributed by atoms with Crippen LogP contribution in [0.5, 0.6) is 0 Å². The Morgan fingerprint density at radius 2 is 1.27 bits per heavy atom. The Morgan fingerprint density at radius 3 is 1.78 bits per heavy atom. The highest BCUT2D eigenvalue weighted by Gasteiger charge is 2.62. The van der Waals surface area contributed by atoms with Crippen LogP contribution in [-0.4, -0.2) is 124 Å². The standard InChI is InChI=1S/C45H53NO17/c1-27(47)54-25-34(59-28(2)48)38(60-29(3)49)39-36-33(62-44(51)46-36)21-45(63-39,43(50)53-5)58-26-35-37(55-22-30-15-9-6-10-16-30)40(56-23-31-17-11-7-12-18-31)41(42(52-4)61-35)57-24-32-19-13-8-14-20-32/h6-20,33-42H,21-26H2,1-5H3,(H,46,51)/t33-,34+,35+,36+,37-,38+,39+,40-,41+,42-,45+/m0/s1. The van der Waals surface area contributed by atoms with Crippen LogP contribution in [0.1, 0.15) is 43.9 Å². The number of amides is 1. The van der Waals surface area contributed by atoms with Crippen molar-refractivity contribution in [3.63, 3.8) is 0 Å². The zero-order chi connectivity index (χ0) is 44.9. The van der Waals surface area contributed by atoms with Gasteiger partial charge < -0.3 is 62.2 Å². The van der Waals surface area contributed by atoms with Crippen molar-refractivity contribution in [2.45, 2.75) is 114 Å². The topological polar surface area (TPSA) is 208 Å². The Kier molecular flexibility index (Phi) is 16.6. The van der Waals surface area contributed by atoms with E-state index in [1.54, 1.807) is 0 Å². The number of methoxy groups -OCH3 is 2. The van der Waals surface area contributed by atoms with Crippen LogP contribution >= 0.6 is 0 Å². The molecule has 11 atom stereocenters. The fraction of sp³-hybridized carbons (Fsp3) is 0.489. The molecule has 3 aromatic carbocycles. The lowest BCUT2D eigenvalue weighted by molar-refractivity contribution is -0.346. The van der Waals surface area contributed by atoms with Crippen LogP contribution in [0.15, 0.2) is 91.0 Å². The van der Waals surface area contributed by atoms with Crippen LogP contribution in [0, 0.1) is 0 Å². The molecule has 3 heterocycles. The van der Waals surface area contributed by atoms with Gasteiger partial charge in [-0.25, -0.2) is 9.59 Å². The molecule has 0 bridgehead atoms. The second-order valence-corrected chi connectivity index (χ2v) is 15.0. The first-order valence-electron chi connectivity index (χ1n) is 20.4. The Morgan fingerprint density at radius 1 is 0.730 bits per heavy atom. The SMILES string of the molecule is COC(=O)[C@@]1(OC[C@H]2O[C@H](OC)[C@H](OCc3ccccc3)[C@@H](OCc3ccccc3)[C@H]2OCc2ccccc2)C[C@@H]2OC(=O)N[C@H]2[C@H]([C@H](OC(C)=O)[C@@H](COC(C)=O)OC(C)=O)O1. The summed E-state index contributed by atoms with van der Waals surface area (Å²) in [5, 5.41) is 2.62. The second kappa shape index (κ2) is 22.2. The molecule has 18 heteroatoms. The van der Waals surface area contributed by atoms with Gasteiger partial charge in [0, 0.05) is 27.9 Å². The van der Waals surface area contributed by atoms with E-state index in [1.165, 1.54) is 7.11 Å². The molecule has 3 aromatic rings. The van der Waals surface area contributed by atoms with Crippen LogP contribution in [0.2, 0.25) is 0 Å². The Hall–Kier alpha value is -5.47. The molecule has 0 spiro atoms. The van der Waals surface area contributed by atoms with Crippen molar-refractivity contribution in [1.29, 1.82) is 0 Å². The van der Waals surface area contributed by atoms with Crippen molar-refractivity contribution >= 4 is 30.0 Å². The highest BCUT2D eigenvalue weighted by Crippen LogP contribution is 2.40. The molecule has 1 amide bonds. The third kappa shape index (κ3) is 12.4. The summed E-state index contributed by atoms with van der Waals surface area (Å²) in [5.74, 6) is -5.85. The molecule has 63 heavy (non-hydrogen) atoms. The highest BCUT2D eigenvalue weighted by molar-refractivity contribution is 5.79. The van der Waals surface area contributed by atoms with Crippen molar-refractivity contribution in [1.82, 2.24) is 5.32 Å². The average Bonchev–Trinajstić information content (AvgIpc) is 3.66. The highest BCUT2D eigenvalue weighted by atomic mass is 16.8. The number of rotatable bonds is 20. The van der Waals surface area contributed by atoms with E-state index >= 15 is 0 Å². The summed E-state index contributed by atoms with van der Waals surface area (Å²) in [7, 11) is 2.56. The molecule has 18 nitrogen and oxygen atoms in total. The minimum Gasteiger partial charge on any atom is -0.465 e. The summed E-state index contributed by atoms with van der Waals surface area (Å²) in [6.45, 7) is 2.72. The minimum atomic E-state index is -2.38. The number of hydrogen-bond acceptors (Lipinski definition) is 17. The predicted octanol–water partition coefficient (Wildman–Crippen LogP) is 3.69. The van der Waals surface area contributed by atoms with Crippen molar-refractivity contribution in [2.75, 3.05) is 27.4 Å². The van der Waals surface area contributed by atoms with Crippen LogP contribution in [0.25, 0.3) is 0 Å². The summed E-state index contributed by atoms with van der Waals surface area (Å²) in [6, 6.07) is 27.4. The molecule has 3 saturated heterocycles. The Balaban J connectivity index is 1.36. The average molecular weight is 880 g/mol. The van der Waals surface area contributed by atoms with Gasteiger partial charge >= 0.3 is 30.0 Å². The number of hydrogen-bond donors (Lipinski definition) is 1. The van der Waals surface area contributed by atoms with Gasteiger partial charge in [-0.15, -0.1) is 0 Å². The van der Waals surface area contributed by atoms with Crippen molar-refractivity contribution in [2.24, 2.45) is 0 Å². The first kappa shape index (κ1) is 47.0. The van der Waals surface area contributed by atoms with E-state index in [0.29, 0.717) is 0 Å². The molecule has 3 aliphatic rings. The van der Waals surface area contributed by atoms with Crippen LogP contribution in [0.4, 0.5) is 4.79 Å². The quantitative estimate of drug-likeness (QED) is 0.127. The predicted molar refractivity (Wildman–Crippen MR) is 216 cm³/mol. The monoisotopic (exact) mass is 879 g/mol. The first-order valence-corrected chi connectivity index (χ1v) is 20.4. The summed E-state index contributed by atoms with van der Waals surface area (Å²) in [4.78, 5) is 63.7. The number of benzene rings is 3. The van der Waals surface area contributed by atoms with Crippen LogP contribution in [-0.2, 0) is 95.8 Å². The number of carbonyl (C=O) groups is 5. The number of nitrogens with one attached hydrogen (secondary N) is 1. The minimum absolute atomic E-state index is 0.107. The molecule has 3 aliphatic heterocycles. The lowest BCUT2D eigenvalue weighted by Crippen LogP contribution is -2.67. The molecule has 0 radical (unpaired) electrons. The van der Waals surface area contributed by atoms with Crippen LogP contribution in [0.3, 0.4) is 0 Å². The number of fused-ring (bicyclic) bond motifs is 1. The van der Waals surface area contributed by atoms with Gasteiger partial charge in [0.2, 0.25) is 0 Å². The fourth-order valence-electron chi connectivity index (χ4n) is 7.69. The number of carbonyl (C=O) groups excluding carboxylic acids is 5.